The summed E-state index contributed by atoms with van der Waals surface area (Å²) in [7, 11) is 2.53. The summed E-state index contributed by atoms with van der Waals surface area (Å²) >= 11 is 0. The minimum atomic E-state index is -1.34. The van der Waals surface area contributed by atoms with Crippen molar-refractivity contribution < 1.29 is 23.9 Å². The average Bonchev–Trinajstić information content (AvgIpc) is 2.85. The molecule has 0 bridgehead atoms. The molecule has 0 aliphatic heterocycles. The van der Waals surface area contributed by atoms with Gasteiger partial charge in [0, 0.05) is 5.41 Å². The number of allylic oxidation sites excluding steroid dienone is 6. The molecule has 118 valence electrons. The van der Waals surface area contributed by atoms with Crippen molar-refractivity contribution in [2.24, 2.45) is 16.7 Å². The Balaban J connectivity index is 2.51. The van der Waals surface area contributed by atoms with E-state index in [-0.39, 0.29) is 18.1 Å². The van der Waals surface area contributed by atoms with Crippen LogP contribution in [0.4, 0.5) is 0 Å². The van der Waals surface area contributed by atoms with E-state index in [1.54, 1.807) is 12.2 Å². The lowest BCUT2D eigenvalue weighted by Gasteiger charge is -2.30. The molecule has 0 radical (unpaired) electrons. The number of hydrogen-bond donors (Lipinski definition) is 0. The summed E-state index contributed by atoms with van der Waals surface area (Å²) in [6, 6.07) is 0. The number of hydrogen-bond acceptors (Lipinski definition) is 5. The second-order valence-corrected chi connectivity index (χ2v) is 5.76. The number of methoxy groups -OCH3 is 2. The molecule has 1 fully saturated rings. The first-order valence-corrected chi connectivity index (χ1v) is 7.16. The summed E-state index contributed by atoms with van der Waals surface area (Å²) < 4.78 is 9.73. The minimum absolute atomic E-state index is 0.0868. The van der Waals surface area contributed by atoms with Gasteiger partial charge in [0.05, 0.1) is 14.2 Å². The third-order valence-corrected chi connectivity index (χ3v) is 4.56. The molecule has 0 N–H and O–H groups in total. The van der Waals surface area contributed by atoms with E-state index in [4.69, 9.17) is 9.47 Å². The molecule has 2 aliphatic rings. The van der Waals surface area contributed by atoms with E-state index in [0.29, 0.717) is 6.42 Å². The lowest BCUT2D eigenvalue weighted by atomic mass is 9.73. The maximum Gasteiger partial charge on any atom is 0.323 e. The Kier molecular flexibility index (Phi) is 4.35. The van der Waals surface area contributed by atoms with Crippen LogP contribution in [0.15, 0.2) is 36.5 Å². The molecular weight excluding hydrogens is 284 g/mol. The largest absolute Gasteiger partial charge is 0.468 e. The third-order valence-electron chi connectivity index (χ3n) is 4.56. The summed E-state index contributed by atoms with van der Waals surface area (Å²) in [6.07, 6.45) is 10.9. The second kappa shape index (κ2) is 5.91. The predicted octanol–water partition coefficient (Wildman–Crippen LogP) is 1.99. The van der Waals surface area contributed by atoms with Crippen LogP contribution >= 0.6 is 0 Å². The standard InChI is InChI=1S/C17H20O5/c1-4-5-12-10-17(14(19)21-2,15(20)22-3)11-16(12)8-6-13(18)7-9-16/h4-9,12H,10-11H2,1-3H3/b5-4+/t12-/m0/s1. The van der Waals surface area contributed by atoms with Gasteiger partial charge in [-0.05, 0) is 37.8 Å². The van der Waals surface area contributed by atoms with Gasteiger partial charge in [-0.25, -0.2) is 0 Å². The summed E-state index contributed by atoms with van der Waals surface area (Å²) in [5.74, 6) is -1.37. The third kappa shape index (κ3) is 2.40. The molecule has 0 saturated heterocycles. The minimum Gasteiger partial charge on any atom is -0.468 e. The van der Waals surface area contributed by atoms with Crippen molar-refractivity contribution in [3.8, 4) is 0 Å². The molecule has 2 aliphatic carbocycles. The van der Waals surface area contributed by atoms with Gasteiger partial charge in [-0.15, -0.1) is 0 Å². The van der Waals surface area contributed by atoms with Gasteiger partial charge in [0.15, 0.2) is 11.2 Å². The van der Waals surface area contributed by atoms with Crippen molar-refractivity contribution in [3.63, 3.8) is 0 Å². The fraction of sp³-hybridized carbons (Fsp3) is 0.471. The Morgan fingerprint density at radius 3 is 2.18 bits per heavy atom. The van der Waals surface area contributed by atoms with E-state index in [2.05, 4.69) is 0 Å². The molecule has 0 heterocycles. The van der Waals surface area contributed by atoms with Crippen LogP contribution in [-0.4, -0.2) is 31.9 Å². The maximum absolute atomic E-state index is 12.3. The molecule has 0 unspecified atom stereocenters. The molecule has 5 nitrogen and oxygen atoms in total. The first kappa shape index (κ1) is 16.2. The van der Waals surface area contributed by atoms with Gasteiger partial charge in [0.25, 0.3) is 0 Å². The number of ketones is 1. The van der Waals surface area contributed by atoms with Crippen molar-refractivity contribution >= 4 is 17.7 Å². The molecule has 0 amide bonds. The van der Waals surface area contributed by atoms with Crippen molar-refractivity contribution in [1.29, 1.82) is 0 Å². The van der Waals surface area contributed by atoms with Gasteiger partial charge < -0.3 is 9.47 Å². The zero-order valence-electron chi connectivity index (χ0n) is 13.0. The predicted molar refractivity (Wildman–Crippen MR) is 79.7 cm³/mol. The Hall–Kier alpha value is -2.17. The van der Waals surface area contributed by atoms with Crippen LogP contribution in [0.3, 0.4) is 0 Å². The average molecular weight is 304 g/mol. The van der Waals surface area contributed by atoms with Gasteiger partial charge in [-0.2, -0.15) is 0 Å². The van der Waals surface area contributed by atoms with Gasteiger partial charge in [-0.3, -0.25) is 14.4 Å². The molecule has 0 aromatic rings. The monoisotopic (exact) mass is 304 g/mol. The zero-order valence-corrected chi connectivity index (χ0v) is 13.0. The van der Waals surface area contributed by atoms with Gasteiger partial charge >= 0.3 is 11.9 Å². The Morgan fingerprint density at radius 2 is 1.73 bits per heavy atom. The van der Waals surface area contributed by atoms with Crippen LogP contribution in [0.2, 0.25) is 0 Å². The van der Waals surface area contributed by atoms with Gasteiger partial charge in [0.1, 0.15) is 0 Å². The highest BCUT2D eigenvalue weighted by Crippen LogP contribution is 2.57. The molecule has 0 aromatic carbocycles. The highest BCUT2D eigenvalue weighted by Gasteiger charge is 2.61. The molecule has 1 atom stereocenters. The fourth-order valence-corrected chi connectivity index (χ4v) is 3.51. The molecular formula is C17H20O5. The number of ether oxygens (including phenoxy) is 2. The lowest BCUT2D eigenvalue weighted by molar-refractivity contribution is -0.169. The molecule has 2 rings (SSSR count). The lowest BCUT2D eigenvalue weighted by Crippen LogP contribution is -2.40. The van der Waals surface area contributed by atoms with E-state index >= 15 is 0 Å². The molecule has 1 saturated carbocycles. The van der Waals surface area contributed by atoms with Crippen LogP contribution in [0.1, 0.15) is 19.8 Å². The van der Waals surface area contributed by atoms with Gasteiger partial charge in [-0.1, -0.05) is 24.3 Å². The van der Waals surface area contributed by atoms with E-state index in [0.717, 1.165) is 0 Å². The van der Waals surface area contributed by atoms with Gasteiger partial charge in [0.2, 0.25) is 0 Å². The van der Waals surface area contributed by atoms with E-state index in [1.165, 1.54) is 26.4 Å². The summed E-state index contributed by atoms with van der Waals surface area (Å²) in [5.41, 5.74) is -1.90. The molecule has 0 aromatic heterocycles. The number of carbonyl (C=O) groups is 3. The summed E-state index contributed by atoms with van der Waals surface area (Å²) in [4.78, 5) is 36.1. The molecule has 1 spiro atoms. The smallest absolute Gasteiger partial charge is 0.323 e. The van der Waals surface area contributed by atoms with Crippen molar-refractivity contribution in [1.82, 2.24) is 0 Å². The first-order chi connectivity index (χ1) is 10.4. The highest BCUT2D eigenvalue weighted by molar-refractivity contribution is 6.02. The van der Waals surface area contributed by atoms with Crippen molar-refractivity contribution in [3.05, 3.63) is 36.5 Å². The van der Waals surface area contributed by atoms with Crippen molar-refractivity contribution in [2.75, 3.05) is 14.2 Å². The molecule has 22 heavy (non-hydrogen) atoms. The second-order valence-electron chi connectivity index (χ2n) is 5.76. The van der Waals surface area contributed by atoms with Crippen LogP contribution in [0.5, 0.6) is 0 Å². The van der Waals surface area contributed by atoms with Crippen LogP contribution in [0.25, 0.3) is 0 Å². The van der Waals surface area contributed by atoms with E-state index < -0.39 is 22.8 Å². The summed E-state index contributed by atoms with van der Waals surface area (Å²) in [6.45, 7) is 1.88. The van der Waals surface area contributed by atoms with E-state index in [1.807, 2.05) is 19.1 Å². The van der Waals surface area contributed by atoms with Crippen molar-refractivity contribution in [2.45, 2.75) is 19.8 Å². The highest BCUT2D eigenvalue weighted by atomic mass is 16.5. The van der Waals surface area contributed by atoms with Crippen LogP contribution in [-0.2, 0) is 23.9 Å². The number of rotatable bonds is 3. The normalized spacial score (nSPS) is 24.9. The quantitative estimate of drug-likeness (QED) is 0.453. The Labute approximate surface area is 129 Å². The zero-order chi connectivity index (χ0) is 16.4. The van der Waals surface area contributed by atoms with Crippen LogP contribution < -0.4 is 0 Å². The Morgan fingerprint density at radius 1 is 1.18 bits per heavy atom. The topological polar surface area (TPSA) is 69.7 Å². The molecule has 5 heteroatoms. The Bertz CT molecular complexity index is 550. The first-order valence-electron chi connectivity index (χ1n) is 7.16. The van der Waals surface area contributed by atoms with E-state index in [9.17, 15) is 14.4 Å². The number of esters is 2. The maximum atomic E-state index is 12.3. The number of carbonyl (C=O) groups excluding carboxylic acids is 3. The SMILES string of the molecule is C/C=C/[C@H]1CC(C(=O)OC)(C(=O)OC)CC12C=CC(=O)C=C2. The summed E-state index contributed by atoms with van der Waals surface area (Å²) in [5, 5.41) is 0. The van der Waals surface area contributed by atoms with Crippen LogP contribution in [0, 0.1) is 16.7 Å². The fourth-order valence-electron chi connectivity index (χ4n) is 3.51.